The van der Waals surface area contributed by atoms with Crippen LogP contribution in [0.2, 0.25) is 0 Å². The number of rotatable bonds is 2. The van der Waals surface area contributed by atoms with Gasteiger partial charge in [-0.2, -0.15) is 0 Å². The molecule has 0 aromatic rings. The van der Waals surface area contributed by atoms with E-state index in [0.29, 0.717) is 23.2 Å². The Bertz CT molecular complexity index is 752. The number of aliphatic hydroxyl groups is 1. The van der Waals surface area contributed by atoms with Crippen LogP contribution in [0.15, 0.2) is 23.8 Å². The van der Waals surface area contributed by atoms with Gasteiger partial charge in [0.25, 0.3) is 0 Å². The van der Waals surface area contributed by atoms with Crippen LogP contribution in [0, 0.1) is 52.8 Å². The van der Waals surface area contributed by atoms with Gasteiger partial charge in [-0.3, -0.25) is 0 Å². The Labute approximate surface area is 179 Å². The summed E-state index contributed by atoms with van der Waals surface area (Å²) in [5, 5.41) is 12.0. The lowest BCUT2D eigenvalue weighted by atomic mass is 9.51. The van der Waals surface area contributed by atoms with E-state index in [1.165, 1.54) is 50.5 Å². The third-order valence-electron chi connectivity index (χ3n) is 9.25. The van der Waals surface area contributed by atoms with Gasteiger partial charge in [0.15, 0.2) is 0 Å². The van der Waals surface area contributed by atoms with Crippen molar-refractivity contribution >= 4 is 15.9 Å². The zero-order valence-electron chi connectivity index (χ0n) is 17.4. The molecule has 0 amide bonds. The molecular weight excluding hydrogens is 408 g/mol. The highest BCUT2D eigenvalue weighted by Gasteiger charge is 2.56. The number of hydrogen-bond acceptors (Lipinski definition) is 1. The summed E-state index contributed by atoms with van der Waals surface area (Å²) in [6, 6.07) is 0. The quantitative estimate of drug-likeness (QED) is 0.303. The van der Waals surface area contributed by atoms with E-state index in [0.717, 1.165) is 42.3 Å². The van der Waals surface area contributed by atoms with E-state index in [-0.39, 0.29) is 0 Å². The van der Waals surface area contributed by atoms with E-state index in [1.54, 1.807) is 5.57 Å². The molecule has 0 heterocycles. The van der Waals surface area contributed by atoms with Gasteiger partial charge in [-0.1, -0.05) is 58.5 Å². The molecule has 5 rings (SSSR count). The highest BCUT2D eigenvalue weighted by atomic mass is 79.9. The first-order valence-corrected chi connectivity index (χ1v) is 12.7. The third kappa shape index (κ3) is 3.16. The molecule has 0 unspecified atom stereocenters. The summed E-state index contributed by atoms with van der Waals surface area (Å²) in [4.78, 5) is 0. The lowest BCUT2D eigenvalue weighted by molar-refractivity contribution is -0.0198. The maximum atomic E-state index is 11.1. The Morgan fingerprint density at radius 1 is 1.18 bits per heavy atom. The number of fused-ring (bicyclic) bond motifs is 5. The standard InChI is InChI=1S/C26H35BrO/c1-17(16-27)23-7-8-24-22-6-5-19-15-26(28,13-9-18-3-4-18)14-11-20(19)21(22)10-12-25(23,24)2/h5,18,20-24,28H,1,3-4,6-8,10-12,14-16H2,2H3/t20-,21+,22+,23+,24-,25+,26+/m0/s1. The maximum Gasteiger partial charge on any atom is 0.129 e. The highest BCUT2D eigenvalue weighted by Crippen LogP contribution is 2.64. The summed E-state index contributed by atoms with van der Waals surface area (Å²) in [5.74, 6) is 11.2. The minimum absolute atomic E-state index is 0.461. The number of hydrogen-bond donors (Lipinski definition) is 1. The molecule has 0 radical (unpaired) electrons. The molecule has 1 N–H and O–H groups in total. The summed E-state index contributed by atoms with van der Waals surface area (Å²) in [6.07, 6.45) is 14.5. The average molecular weight is 443 g/mol. The second-order valence-corrected chi connectivity index (χ2v) is 11.4. The Morgan fingerprint density at radius 2 is 2.00 bits per heavy atom. The molecule has 0 saturated heterocycles. The first kappa shape index (κ1) is 19.4. The van der Waals surface area contributed by atoms with Crippen LogP contribution >= 0.6 is 15.9 Å². The van der Waals surface area contributed by atoms with Gasteiger partial charge in [-0.15, -0.1) is 0 Å². The largest absolute Gasteiger partial charge is 0.377 e. The SMILES string of the molecule is C=C(CBr)[C@H]1CC[C@H]2[C@@H]3CC=C4C[C@@](O)(C#CC5CC5)CC[C@@H]4[C@H]3CC[C@]12C. The second kappa shape index (κ2) is 7.02. The van der Waals surface area contributed by atoms with Crippen molar-refractivity contribution < 1.29 is 5.11 Å². The number of alkyl halides is 1. The van der Waals surface area contributed by atoms with E-state index in [4.69, 9.17) is 0 Å². The molecular formula is C26H35BrO. The minimum atomic E-state index is -0.743. The fourth-order valence-electron chi connectivity index (χ4n) is 7.63. The molecule has 0 aromatic heterocycles. The van der Waals surface area contributed by atoms with Crippen LogP contribution < -0.4 is 0 Å². The van der Waals surface area contributed by atoms with Crippen LogP contribution in [0.3, 0.4) is 0 Å². The van der Waals surface area contributed by atoms with Gasteiger partial charge in [0.2, 0.25) is 0 Å². The molecule has 4 fully saturated rings. The minimum Gasteiger partial charge on any atom is -0.377 e. The van der Waals surface area contributed by atoms with E-state index >= 15 is 0 Å². The van der Waals surface area contributed by atoms with E-state index in [9.17, 15) is 5.11 Å². The molecule has 7 atom stereocenters. The summed E-state index contributed by atoms with van der Waals surface area (Å²) in [7, 11) is 0. The fraction of sp³-hybridized carbons (Fsp3) is 0.769. The van der Waals surface area contributed by atoms with Crippen molar-refractivity contribution in [1.29, 1.82) is 0 Å². The average Bonchev–Trinajstić information content (AvgIpc) is 3.45. The summed E-state index contributed by atoms with van der Waals surface area (Å²) >= 11 is 3.67. The van der Waals surface area contributed by atoms with Crippen molar-refractivity contribution in [3.63, 3.8) is 0 Å². The Hall–Kier alpha value is -0.520. The van der Waals surface area contributed by atoms with Gasteiger partial charge in [0.05, 0.1) is 0 Å². The monoisotopic (exact) mass is 442 g/mol. The van der Waals surface area contributed by atoms with Crippen molar-refractivity contribution in [3.8, 4) is 11.8 Å². The molecule has 0 aromatic carbocycles. The van der Waals surface area contributed by atoms with Crippen LogP contribution in [0.4, 0.5) is 0 Å². The Balaban J connectivity index is 1.35. The summed E-state index contributed by atoms with van der Waals surface area (Å²) in [5.41, 5.74) is 2.69. The van der Waals surface area contributed by atoms with Crippen molar-refractivity contribution in [1.82, 2.24) is 0 Å². The van der Waals surface area contributed by atoms with Crippen LogP contribution in [0.1, 0.15) is 71.1 Å². The highest BCUT2D eigenvalue weighted by molar-refractivity contribution is 9.09. The van der Waals surface area contributed by atoms with Crippen molar-refractivity contribution in [2.45, 2.75) is 76.7 Å². The van der Waals surface area contributed by atoms with Crippen LogP contribution in [0.25, 0.3) is 0 Å². The molecule has 5 aliphatic rings. The van der Waals surface area contributed by atoms with Gasteiger partial charge in [-0.05, 0) is 92.8 Å². The predicted molar refractivity (Wildman–Crippen MR) is 119 cm³/mol. The molecule has 5 aliphatic carbocycles. The molecule has 28 heavy (non-hydrogen) atoms. The van der Waals surface area contributed by atoms with Gasteiger partial charge < -0.3 is 5.11 Å². The Morgan fingerprint density at radius 3 is 2.75 bits per heavy atom. The smallest absolute Gasteiger partial charge is 0.129 e. The van der Waals surface area contributed by atoms with Gasteiger partial charge >= 0.3 is 0 Å². The molecule has 152 valence electrons. The number of allylic oxidation sites excluding steroid dienone is 2. The van der Waals surface area contributed by atoms with Gasteiger partial charge in [-0.25, -0.2) is 0 Å². The lowest BCUT2D eigenvalue weighted by Gasteiger charge is -2.54. The molecule has 0 aliphatic heterocycles. The van der Waals surface area contributed by atoms with Crippen molar-refractivity contribution in [3.05, 3.63) is 23.8 Å². The van der Waals surface area contributed by atoms with Crippen molar-refractivity contribution in [2.75, 3.05) is 5.33 Å². The molecule has 4 saturated carbocycles. The third-order valence-corrected chi connectivity index (χ3v) is 9.97. The van der Waals surface area contributed by atoms with Gasteiger partial charge in [0.1, 0.15) is 5.60 Å². The zero-order valence-corrected chi connectivity index (χ0v) is 18.9. The van der Waals surface area contributed by atoms with E-state index < -0.39 is 5.60 Å². The normalized spacial score (nSPS) is 47.1. The fourth-order valence-corrected chi connectivity index (χ4v) is 8.02. The predicted octanol–water partition coefficient (Wildman–Crippen LogP) is 6.27. The first-order chi connectivity index (χ1) is 13.4. The first-order valence-electron chi connectivity index (χ1n) is 11.6. The van der Waals surface area contributed by atoms with Crippen molar-refractivity contribution in [2.24, 2.45) is 40.9 Å². The number of halogens is 1. The summed E-state index contributed by atoms with van der Waals surface area (Å²) < 4.78 is 0. The molecule has 2 heteroatoms. The molecule has 0 bridgehead atoms. The van der Waals surface area contributed by atoms with Crippen LogP contribution in [-0.2, 0) is 0 Å². The van der Waals surface area contributed by atoms with E-state index in [2.05, 4.69) is 47.3 Å². The topological polar surface area (TPSA) is 20.2 Å². The van der Waals surface area contributed by atoms with Crippen LogP contribution in [-0.4, -0.2) is 16.0 Å². The molecule has 0 spiro atoms. The van der Waals surface area contributed by atoms with Crippen LogP contribution in [0.5, 0.6) is 0 Å². The van der Waals surface area contributed by atoms with E-state index in [1.807, 2.05) is 0 Å². The lowest BCUT2D eigenvalue weighted by Crippen LogP contribution is -2.47. The molecule has 1 nitrogen and oxygen atoms in total. The summed E-state index contributed by atoms with van der Waals surface area (Å²) in [6.45, 7) is 6.99. The zero-order chi connectivity index (χ0) is 19.5. The maximum absolute atomic E-state index is 11.1. The van der Waals surface area contributed by atoms with Gasteiger partial charge in [0, 0.05) is 17.7 Å². The second-order valence-electron chi connectivity index (χ2n) is 10.8. The Kier molecular flexibility index (Phi) is 4.88.